The Morgan fingerprint density at radius 2 is 2.19 bits per heavy atom. The number of halogens is 1. The molecule has 0 aliphatic carbocycles. The van der Waals surface area contributed by atoms with Crippen molar-refractivity contribution in [3.05, 3.63) is 50.5 Å². The predicted molar refractivity (Wildman–Crippen MR) is 99.6 cm³/mol. The number of nitrogens with zero attached hydrogens (tertiary/aromatic N) is 3. The summed E-state index contributed by atoms with van der Waals surface area (Å²) >= 11 is 7.32. The van der Waals surface area contributed by atoms with E-state index in [1.54, 1.807) is 11.6 Å². The Kier molecular flexibility index (Phi) is 6.64. The van der Waals surface area contributed by atoms with Crippen molar-refractivity contribution in [2.45, 2.75) is 26.3 Å². The number of benzene rings is 1. The fourth-order valence-corrected chi connectivity index (χ4v) is 2.99. The summed E-state index contributed by atoms with van der Waals surface area (Å²) in [4.78, 5) is 40.7. The molecule has 10 heteroatoms. The number of amides is 2. The molecule has 1 atom stereocenters. The molecule has 2 amide bonds. The molecule has 0 aliphatic rings. The van der Waals surface area contributed by atoms with Crippen molar-refractivity contribution < 1.29 is 14.5 Å². The van der Waals surface area contributed by atoms with Crippen molar-refractivity contribution in [1.82, 2.24) is 9.88 Å². The fraction of sp³-hybridized carbons (Fsp3) is 0.312. The van der Waals surface area contributed by atoms with E-state index < -0.39 is 10.8 Å². The first-order chi connectivity index (χ1) is 12.3. The van der Waals surface area contributed by atoms with Crippen LogP contribution in [0.3, 0.4) is 0 Å². The van der Waals surface area contributed by atoms with Crippen LogP contribution in [-0.4, -0.2) is 39.2 Å². The molecule has 2 rings (SSSR count). The highest BCUT2D eigenvalue weighted by molar-refractivity contribution is 7.13. The minimum Gasteiger partial charge on any atom is -0.327 e. The maximum atomic E-state index is 12.9. The van der Waals surface area contributed by atoms with Crippen molar-refractivity contribution in [1.29, 1.82) is 0 Å². The van der Waals surface area contributed by atoms with E-state index in [1.807, 2.05) is 13.8 Å². The van der Waals surface area contributed by atoms with Gasteiger partial charge < -0.3 is 10.2 Å². The second kappa shape index (κ2) is 8.72. The van der Waals surface area contributed by atoms with Crippen molar-refractivity contribution in [2.75, 3.05) is 11.9 Å². The Hall–Kier alpha value is -2.52. The lowest BCUT2D eigenvalue weighted by molar-refractivity contribution is -0.384. The summed E-state index contributed by atoms with van der Waals surface area (Å²) in [5, 5.41) is 15.6. The van der Waals surface area contributed by atoms with Crippen LogP contribution < -0.4 is 5.32 Å². The van der Waals surface area contributed by atoms with E-state index >= 15 is 0 Å². The van der Waals surface area contributed by atoms with Gasteiger partial charge in [-0.1, -0.05) is 18.5 Å². The van der Waals surface area contributed by atoms with Crippen LogP contribution in [0.15, 0.2) is 29.8 Å². The maximum Gasteiger partial charge on any atom is 0.270 e. The van der Waals surface area contributed by atoms with Gasteiger partial charge in [-0.05, 0) is 19.4 Å². The molecule has 1 aromatic heterocycles. The number of nitro groups is 1. The third kappa shape index (κ3) is 4.77. The summed E-state index contributed by atoms with van der Waals surface area (Å²) in [5.41, 5.74) is -0.0947. The van der Waals surface area contributed by atoms with Crippen molar-refractivity contribution in [3.63, 3.8) is 0 Å². The highest BCUT2D eigenvalue weighted by Gasteiger charge is 2.26. The number of thiazole rings is 1. The lowest BCUT2D eigenvalue weighted by atomic mass is 10.1. The SMILES string of the molecule is CCC(C)N(CC(=O)Nc1nccs1)C(=O)c1ccc([N+](=O)[O-])cc1Cl. The minimum atomic E-state index is -0.589. The number of rotatable bonds is 7. The Bertz CT molecular complexity index is 813. The van der Waals surface area contributed by atoms with Crippen LogP contribution >= 0.6 is 22.9 Å². The monoisotopic (exact) mass is 396 g/mol. The van der Waals surface area contributed by atoms with Crippen LogP contribution in [0.1, 0.15) is 30.6 Å². The van der Waals surface area contributed by atoms with Gasteiger partial charge in [-0.25, -0.2) is 4.98 Å². The molecule has 0 saturated carbocycles. The van der Waals surface area contributed by atoms with Gasteiger partial charge in [0.1, 0.15) is 6.54 Å². The zero-order valence-corrected chi connectivity index (χ0v) is 15.7. The van der Waals surface area contributed by atoms with Gasteiger partial charge in [-0.15, -0.1) is 11.3 Å². The molecular formula is C16H17ClN4O4S. The Morgan fingerprint density at radius 3 is 2.73 bits per heavy atom. The average molecular weight is 397 g/mol. The largest absolute Gasteiger partial charge is 0.327 e. The van der Waals surface area contributed by atoms with Crippen LogP contribution in [0.4, 0.5) is 10.8 Å². The Labute approximate surface area is 158 Å². The number of non-ortho nitro benzene ring substituents is 1. The zero-order chi connectivity index (χ0) is 19.3. The number of anilines is 1. The molecule has 2 aromatic rings. The van der Waals surface area contributed by atoms with Gasteiger partial charge in [-0.2, -0.15) is 0 Å². The third-order valence-electron chi connectivity index (χ3n) is 3.77. The van der Waals surface area contributed by atoms with Crippen molar-refractivity contribution in [3.8, 4) is 0 Å². The summed E-state index contributed by atoms with van der Waals surface area (Å²) in [7, 11) is 0. The third-order valence-corrected chi connectivity index (χ3v) is 4.77. The van der Waals surface area contributed by atoms with Gasteiger partial charge >= 0.3 is 0 Å². The summed E-state index contributed by atoms with van der Waals surface area (Å²) in [5.74, 6) is -0.847. The molecule has 8 nitrogen and oxygen atoms in total. The predicted octanol–water partition coefficient (Wildman–Crippen LogP) is 3.58. The first-order valence-electron chi connectivity index (χ1n) is 7.77. The standard InChI is InChI=1S/C16H17ClN4O4S/c1-3-10(2)20(9-14(22)19-16-18-6-7-26-16)15(23)12-5-4-11(21(24)25)8-13(12)17/h4-8,10H,3,9H2,1-2H3,(H,18,19,22). The molecule has 0 fully saturated rings. The van der Waals surface area contributed by atoms with Gasteiger partial charge in [0.15, 0.2) is 5.13 Å². The topological polar surface area (TPSA) is 105 Å². The zero-order valence-electron chi connectivity index (χ0n) is 14.1. The van der Waals surface area contributed by atoms with Crippen molar-refractivity contribution in [2.24, 2.45) is 0 Å². The van der Waals surface area contributed by atoms with E-state index in [-0.39, 0.29) is 34.8 Å². The van der Waals surface area contributed by atoms with Crippen LogP contribution in [0.2, 0.25) is 5.02 Å². The van der Waals surface area contributed by atoms with Crippen LogP contribution in [0.25, 0.3) is 0 Å². The number of aromatic nitrogens is 1. The maximum absolute atomic E-state index is 12.9. The quantitative estimate of drug-likeness (QED) is 0.568. The minimum absolute atomic E-state index is 0.0298. The molecule has 1 heterocycles. The van der Waals surface area contributed by atoms with E-state index in [2.05, 4.69) is 10.3 Å². The van der Waals surface area contributed by atoms with E-state index in [0.717, 1.165) is 6.07 Å². The summed E-state index contributed by atoms with van der Waals surface area (Å²) in [6.07, 6.45) is 2.19. The van der Waals surface area contributed by atoms with Gasteiger partial charge in [-0.3, -0.25) is 19.7 Å². The van der Waals surface area contributed by atoms with Crippen LogP contribution in [-0.2, 0) is 4.79 Å². The molecule has 1 N–H and O–H groups in total. The average Bonchev–Trinajstić information content (AvgIpc) is 3.11. The van der Waals surface area contributed by atoms with Gasteiger partial charge in [0.2, 0.25) is 5.91 Å². The molecule has 138 valence electrons. The first kappa shape index (κ1) is 19.8. The number of nitrogens with one attached hydrogen (secondary N) is 1. The van der Waals surface area contributed by atoms with Crippen molar-refractivity contribution >= 4 is 45.6 Å². The number of hydrogen-bond donors (Lipinski definition) is 1. The lowest BCUT2D eigenvalue weighted by Crippen LogP contribution is -2.43. The van der Waals surface area contributed by atoms with Gasteiger partial charge in [0.05, 0.1) is 15.5 Å². The normalized spacial score (nSPS) is 11.7. The second-order valence-corrected chi connectivity index (χ2v) is 6.80. The highest BCUT2D eigenvalue weighted by atomic mass is 35.5. The molecular weight excluding hydrogens is 380 g/mol. The molecule has 26 heavy (non-hydrogen) atoms. The van der Waals surface area contributed by atoms with E-state index in [4.69, 9.17) is 11.6 Å². The smallest absolute Gasteiger partial charge is 0.270 e. The van der Waals surface area contributed by atoms with Crippen LogP contribution in [0.5, 0.6) is 0 Å². The lowest BCUT2D eigenvalue weighted by Gasteiger charge is -2.28. The Balaban J connectivity index is 2.21. The highest BCUT2D eigenvalue weighted by Crippen LogP contribution is 2.24. The molecule has 1 aromatic carbocycles. The summed E-state index contributed by atoms with van der Waals surface area (Å²) in [6.45, 7) is 3.52. The fourth-order valence-electron chi connectivity index (χ4n) is 2.19. The molecule has 1 unspecified atom stereocenters. The molecule has 0 bridgehead atoms. The number of carbonyl (C=O) groups is 2. The van der Waals surface area contributed by atoms with E-state index in [9.17, 15) is 19.7 Å². The van der Waals surface area contributed by atoms with E-state index in [1.165, 1.54) is 28.4 Å². The second-order valence-electron chi connectivity index (χ2n) is 5.50. The van der Waals surface area contributed by atoms with Gasteiger partial charge in [0, 0.05) is 29.8 Å². The number of hydrogen-bond acceptors (Lipinski definition) is 6. The molecule has 0 radical (unpaired) electrons. The Morgan fingerprint density at radius 1 is 1.46 bits per heavy atom. The van der Waals surface area contributed by atoms with Gasteiger partial charge in [0.25, 0.3) is 11.6 Å². The van der Waals surface area contributed by atoms with Crippen LogP contribution in [0, 0.1) is 10.1 Å². The number of nitro benzene ring substituents is 1. The first-order valence-corrected chi connectivity index (χ1v) is 9.03. The summed E-state index contributed by atoms with van der Waals surface area (Å²) < 4.78 is 0. The molecule has 0 spiro atoms. The summed E-state index contributed by atoms with van der Waals surface area (Å²) in [6, 6.07) is 3.41. The number of carbonyl (C=O) groups excluding carboxylic acids is 2. The van der Waals surface area contributed by atoms with E-state index in [0.29, 0.717) is 11.6 Å². The molecule has 0 saturated heterocycles. The molecule has 0 aliphatic heterocycles.